The van der Waals surface area contributed by atoms with Crippen molar-refractivity contribution in [1.82, 2.24) is 13.9 Å². The number of hydrogen-bond donors (Lipinski definition) is 1. The third kappa shape index (κ3) is 4.94. The first-order valence-electron chi connectivity index (χ1n) is 11.3. The maximum Gasteiger partial charge on any atom is 0.243 e. The molecule has 1 amide bonds. The number of imidazole rings is 1. The SMILES string of the molecule is CCCn1c(CCC(=O)Nc2ccc(F)cc2C)nc2cc(S(=O)(=O)N3CCCC3)ccc21. The van der Waals surface area contributed by atoms with Crippen LogP contribution in [0.3, 0.4) is 0 Å². The number of amides is 1. The van der Waals surface area contributed by atoms with Crippen molar-refractivity contribution in [3.8, 4) is 0 Å². The van der Waals surface area contributed by atoms with Crippen LogP contribution in [0.1, 0.15) is 44.0 Å². The van der Waals surface area contributed by atoms with Crippen molar-refractivity contribution in [2.24, 2.45) is 0 Å². The average Bonchev–Trinajstić information content (AvgIpc) is 3.43. The van der Waals surface area contributed by atoms with Crippen LogP contribution in [0.15, 0.2) is 41.3 Å². The Morgan fingerprint density at radius 3 is 2.61 bits per heavy atom. The van der Waals surface area contributed by atoms with E-state index in [0.29, 0.717) is 36.3 Å². The van der Waals surface area contributed by atoms with Gasteiger partial charge < -0.3 is 9.88 Å². The van der Waals surface area contributed by atoms with Gasteiger partial charge in [0.05, 0.1) is 15.9 Å². The van der Waals surface area contributed by atoms with Gasteiger partial charge in [-0.15, -0.1) is 0 Å². The van der Waals surface area contributed by atoms with Crippen LogP contribution in [0.5, 0.6) is 0 Å². The lowest BCUT2D eigenvalue weighted by molar-refractivity contribution is -0.116. The summed E-state index contributed by atoms with van der Waals surface area (Å²) in [5, 5.41) is 2.83. The zero-order valence-corrected chi connectivity index (χ0v) is 19.8. The number of benzene rings is 2. The van der Waals surface area contributed by atoms with E-state index in [0.717, 1.165) is 37.1 Å². The second-order valence-electron chi connectivity index (χ2n) is 8.45. The van der Waals surface area contributed by atoms with Crippen LogP contribution in [0.25, 0.3) is 11.0 Å². The van der Waals surface area contributed by atoms with E-state index in [2.05, 4.69) is 16.8 Å². The maximum absolute atomic E-state index is 13.3. The molecule has 2 aromatic carbocycles. The van der Waals surface area contributed by atoms with Gasteiger partial charge in [-0.1, -0.05) is 6.92 Å². The predicted octanol–water partition coefficient (Wildman–Crippen LogP) is 4.25. The highest BCUT2D eigenvalue weighted by Crippen LogP contribution is 2.26. The van der Waals surface area contributed by atoms with E-state index in [9.17, 15) is 17.6 Å². The quantitative estimate of drug-likeness (QED) is 0.531. The van der Waals surface area contributed by atoms with Gasteiger partial charge in [0.2, 0.25) is 15.9 Å². The minimum Gasteiger partial charge on any atom is -0.328 e. The van der Waals surface area contributed by atoms with Crippen molar-refractivity contribution >= 4 is 32.7 Å². The van der Waals surface area contributed by atoms with Gasteiger partial charge in [-0.25, -0.2) is 17.8 Å². The Morgan fingerprint density at radius 1 is 1.15 bits per heavy atom. The highest BCUT2D eigenvalue weighted by molar-refractivity contribution is 7.89. The molecular formula is C24H29FN4O3S. The van der Waals surface area contributed by atoms with E-state index in [1.807, 2.05) is 6.07 Å². The summed E-state index contributed by atoms with van der Waals surface area (Å²) in [6.07, 6.45) is 3.28. The number of aryl methyl sites for hydroxylation is 3. The molecule has 0 spiro atoms. The molecule has 7 nitrogen and oxygen atoms in total. The molecule has 0 unspecified atom stereocenters. The second-order valence-corrected chi connectivity index (χ2v) is 10.4. The summed E-state index contributed by atoms with van der Waals surface area (Å²) in [4.78, 5) is 17.5. The first kappa shape index (κ1) is 23.4. The number of nitrogens with one attached hydrogen (secondary N) is 1. The van der Waals surface area contributed by atoms with Crippen molar-refractivity contribution in [2.45, 2.75) is 57.4 Å². The molecule has 1 saturated heterocycles. The number of halogens is 1. The minimum atomic E-state index is -3.52. The first-order chi connectivity index (χ1) is 15.8. The van der Waals surface area contributed by atoms with Crippen molar-refractivity contribution in [3.05, 3.63) is 53.6 Å². The molecule has 2 heterocycles. The third-order valence-corrected chi connectivity index (χ3v) is 7.88. The number of hydrogen-bond acceptors (Lipinski definition) is 4. The van der Waals surface area contributed by atoms with Gasteiger partial charge in [0.1, 0.15) is 11.6 Å². The molecule has 1 N–H and O–H groups in total. The van der Waals surface area contributed by atoms with Crippen molar-refractivity contribution in [1.29, 1.82) is 0 Å². The van der Waals surface area contributed by atoms with Crippen molar-refractivity contribution < 1.29 is 17.6 Å². The van der Waals surface area contributed by atoms with Crippen LogP contribution >= 0.6 is 0 Å². The van der Waals surface area contributed by atoms with Gasteiger partial charge in [-0.05, 0) is 68.1 Å². The molecular weight excluding hydrogens is 443 g/mol. The van der Waals surface area contributed by atoms with Crippen molar-refractivity contribution in [3.63, 3.8) is 0 Å². The van der Waals surface area contributed by atoms with Gasteiger partial charge in [-0.2, -0.15) is 4.31 Å². The summed E-state index contributed by atoms with van der Waals surface area (Å²) in [7, 11) is -3.52. The van der Waals surface area contributed by atoms with E-state index in [1.54, 1.807) is 25.1 Å². The van der Waals surface area contributed by atoms with Crippen LogP contribution in [0, 0.1) is 12.7 Å². The summed E-state index contributed by atoms with van der Waals surface area (Å²) >= 11 is 0. The largest absolute Gasteiger partial charge is 0.328 e. The Bertz CT molecular complexity index is 1280. The second kappa shape index (κ2) is 9.61. The molecule has 0 bridgehead atoms. The topological polar surface area (TPSA) is 84.3 Å². The lowest BCUT2D eigenvalue weighted by Gasteiger charge is -2.15. The van der Waals surface area contributed by atoms with E-state index in [4.69, 9.17) is 4.98 Å². The number of fused-ring (bicyclic) bond motifs is 1. The normalized spacial score (nSPS) is 14.8. The summed E-state index contributed by atoms with van der Waals surface area (Å²) in [5.74, 6) is 0.218. The molecule has 176 valence electrons. The van der Waals surface area contributed by atoms with E-state index in [-0.39, 0.29) is 23.0 Å². The number of nitrogens with zero attached hydrogens (tertiary/aromatic N) is 3. The number of sulfonamides is 1. The molecule has 0 aliphatic carbocycles. The van der Waals surface area contributed by atoms with Gasteiger partial charge in [0, 0.05) is 38.2 Å². The maximum atomic E-state index is 13.3. The lowest BCUT2D eigenvalue weighted by Crippen LogP contribution is -2.27. The lowest BCUT2D eigenvalue weighted by atomic mass is 10.2. The zero-order valence-electron chi connectivity index (χ0n) is 19.0. The highest BCUT2D eigenvalue weighted by atomic mass is 32.2. The summed E-state index contributed by atoms with van der Waals surface area (Å²) < 4.78 is 42.8. The Morgan fingerprint density at radius 2 is 1.91 bits per heavy atom. The smallest absolute Gasteiger partial charge is 0.243 e. The minimum absolute atomic E-state index is 0.183. The average molecular weight is 473 g/mol. The fraction of sp³-hybridized carbons (Fsp3) is 0.417. The number of carbonyl (C=O) groups is 1. The van der Waals surface area contributed by atoms with Gasteiger partial charge >= 0.3 is 0 Å². The van der Waals surface area contributed by atoms with Crippen LogP contribution in [0.4, 0.5) is 10.1 Å². The van der Waals surface area contributed by atoms with Crippen LogP contribution in [-0.2, 0) is 27.8 Å². The molecule has 0 atom stereocenters. The number of carbonyl (C=O) groups excluding carboxylic acids is 1. The Labute approximate surface area is 193 Å². The third-order valence-electron chi connectivity index (χ3n) is 5.99. The fourth-order valence-electron chi connectivity index (χ4n) is 4.27. The Balaban J connectivity index is 1.55. The molecule has 3 aromatic rings. The molecule has 1 aliphatic rings. The van der Waals surface area contributed by atoms with Gasteiger partial charge in [0.15, 0.2) is 0 Å². The molecule has 9 heteroatoms. The Hall–Kier alpha value is -2.78. The number of anilines is 1. The summed E-state index contributed by atoms with van der Waals surface area (Å²) in [6.45, 7) is 5.64. The first-order valence-corrected chi connectivity index (χ1v) is 12.8. The standard InChI is InChI=1S/C24H29FN4O3S/c1-3-12-29-22-9-7-19(33(31,32)28-13-4-5-14-28)16-21(22)26-23(29)10-11-24(30)27-20-8-6-18(25)15-17(20)2/h6-9,15-16H,3-5,10-14H2,1-2H3,(H,27,30). The predicted molar refractivity (Wildman–Crippen MR) is 126 cm³/mol. The highest BCUT2D eigenvalue weighted by Gasteiger charge is 2.28. The van der Waals surface area contributed by atoms with Gasteiger partial charge in [-0.3, -0.25) is 4.79 Å². The monoisotopic (exact) mass is 472 g/mol. The zero-order chi connectivity index (χ0) is 23.6. The van der Waals surface area contributed by atoms with E-state index < -0.39 is 10.0 Å². The number of rotatable bonds is 8. The van der Waals surface area contributed by atoms with Crippen molar-refractivity contribution in [2.75, 3.05) is 18.4 Å². The molecule has 1 aliphatic heterocycles. The molecule has 0 saturated carbocycles. The van der Waals surface area contributed by atoms with E-state index in [1.165, 1.54) is 16.4 Å². The van der Waals surface area contributed by atoms with Gasteiger partial charge in [0.25, 0.3) is 0 Å². The Kier molecular flexibility index (Phi) is 6.81. The van der Waals surface area contributed by atoms with Crippen LogP contribution < -0.4 is 5.32 Å². The molecule has 0 radical (unpaired) electrons. The van der Waals surface area contributed by atoms with Crippen LogP contribution in [-0.4, -0.2) is 41.3 Å². The van der Waals surface area contributed by atoms with E-state index >= 15 is 0 Å². The van der Waals surface area contributed by atoms with Crippen LogP contribution in [0.2, 0.25) is 0 Å². The fourth-order valence-corrected chi connectivity index (χ4v) is 5.80. The number of aromatic nitrogens is 2. The summed E-state index contributed by atoms with van der Waals surface area (Å²) in [6, 6.07) is 9.35. The molecule has 33 heavy (non-hydrogen) atoms. The summed E-state index contributed by atoms with van der Waals surface area (Å²) in [5.41, 5.74) is 2.73. The molecule has 1 fully saturated rings. The molecule has 4 rings (SSSR count). The molecule has 1 aromatic heterocycles.